The Balaban J connectivity index is 2.49. The van der Waals surface area contributed by atoms with E-state index in [-0.39, 0.29) is 17.1 Å². The number of aromatic amines is 1. The van der Waals surface area contributed by atoms with Gasteiger partial charge in [-0.1, -0.05) is 39.0 Å². The summed E-state index contributed by atoms with van der Waals surface area (Å²) in [6, 6.07) is 6.19. The summed E-state index contributed by atoms with van der Waals surface area (Å²) in [5.41, 5.74) is -0.582. The van der Waals surface area contributed by atoms with Crippen LogP contribution in [-0.2, 0) is 4.79 Å². The fourth-order valence-corrected chi connectivity index (χ4v) is 2.68. The van der Waals surface area contributed by atoms with Gasteiger partial charge in [-0.05, 0) is 12.1 Å². The highest BCUT2D eigenvalue weighted by Crippen LogP contribution is 2.20. The van der Waals surface area contributed by atoms with Crippen LogP contribution in [0.2, 0.25) is 0 Å². The highest BCUT2D eigenvalue weighted by molar-refractivity contribution is 7.07. The van der Waals surface area contributed by atoms with Crippen molar-refractivity contribution in [3.05, 3.63) is 49.4 Å². The van der Waals surface area contributed by atoms with E-state index in [1.807, 2.05) is 0 Å². The van der Waals surface area contributed by atoms with Crippen molar-refractivity contribution in [3.63, 3.8) is 0 Å². The van der Waals surface area contributed by atoms with Crippen LogP contribution in [0, 0.1) is 5.41 Å². The second kappa shape index (κ2) is 7.09. The smallest absolute Gasteiger partial charge is 0.387 e. The minimum absolute atomic E-state index is 0.0170. The number of nitrogens with one attached hydrogen (secondary N) is 1. The van der Waals surface area contributed by atoms with Gasteiger partial charge in [0.2, 0.25) is 0 Å². The van der Waals surface area contributed by atoms with Crippen LogP contribution >= 0.6 is 11.3 Å². The Hall–Kier alpha value is -2.28. The average molecular weight is 353 g/mol. The van der Waals surface area contributed by atoms with Crippen molar-refractivity contribution in [2.24, 2.45) is 5.41 Å². The molecule has 0 aliphatic heterocycles. The molecule has 1 aromatic heterocycles. The molecule has 0 atom stereocenters. The molecule has 1 heterocycles. The maximum atomic E-state index is 12.4. The highest BCUT2D eigenvalue weighted by atomic mass is 32.1. The van der Waals surface area contributed by atoms with Crippen LogP contribution in [0.1, 0.15) is 26.3 Å². The number of alkyl halides is 2. The summed E-state index contributed by atoms with van der Waals surface area (Å²) < 4.78 is 30.0. The fourth-order valence-electron chi connectivity index (χ4n) is 1.80. The molecule has 0 aliphatic carbocycles. The Morgan fingerprint density at radius 2 is 1.96 bits per heavy atom. The number of carbonyl (C=O) groups excluding carboxylic acids is 1. The molecule has 2 aromatic rings. The number of hydrogen-bond donors (Lipinski definition) is 1. The number of halogens is 2. The number of ketones is 1. The number of rotatable bonds is 4. The molecular formula is C17H17F2NO3S. The van der Waals surface area contributed by atoms with Crippen LogP contribution in [0.15, 0.2) is 29.1 Å². The van der Waals surface area contributed by atoms with Gasteiger partial charge < -0.3 is 9.72 Å². The minimum atomic E-state index is -2.95. The zero-order valence-electron chi connectivity index (χ0n) is 13.4. The highest BCUT2D eigenvalue weighted by Gasteiger charge is 2.18. The third-order valence-electron chi connectivity index (χ3n) is 3.10. The number of Topliss-reactive ketones (excluding diaryl/α,β-unsaturated/α-hetero) is 1. The SMILES string of the molecule is CC(C)(C)C(=O)/C=c1/[nH]c(=O)/c(=C/c2ccccc2OC(F)F)s1. The Morgan fingerprint density at radius 1 is 1.29 bits per heavy atom. The Labute approximate surface area is 141 Å². The van der Waals surface area contributed by atoms with E-state index < -0.39 is 12.0 Å². The molecule has 0 saturated carbocycles. The number of carbonyl (C=O) groups is 1. The zero-order chi connectivity index (χ0) is 17.9. The van der Waals surface area contributed by atoms with Crippen LogP contribution in [-0.4, -0.2) is 17.4 Å². The van der Waals surface area contributed by atoms with Gasteiger partial charge >= 0.3 is 6.61 Å². The van der Waals surface area contributed by atoms with E-state index in [1.165, 1.54) is 18.2 Å². The number of thiazole rings is 1. The predicted molar refractivity (Wildman–Crippen MR) is 89.8 cm³/mol. The number of ether oxygens (including phenoxy) is 1. The summed E-state index contributed by atoms with van der Waals surface area (Å²) in [7, 11) is 0. The number of benzene rings is 1. The van der Waals surface area contributed by atoms with E-state index in [4.69, 9.17) is 0 Å². The maximum absolute atomic E-state index is 12.4. The van der Waals surface area contributed by atoms with E-state index >= 15 is 0 Å². The lowest BCUT2D eigenvalue weighted by Crippen LogP contribution is -2.22. The van der Waals surface area contributed by atoms with Crippen LogP contribution in [0.25, 0.3) is 12.2 Å². The van der Waals surface area contributed by atoms with E-state index in [2.05, 4.69) is 9.72 Å². The lowest BCUT2D eigenvalue weighted by Gasteiger charge is -2.12. The predicted octanol–water partition coefficient (Wildman–Crippen LogP) is 2.26. The van der Waals surface area contributed by atoms with Crippen molar-refractivity contribution in [2.45, 2.75) is 27.4 Å². The molecule has 7 heteroatoms. The van der Waals surface area contributed by atoms with Crippen molar-refractivity contribution >= 4 is 29.3 Å². The molecular weight excluding hydrogens is 336 g/mol. The van der Waals surface area contributed by atoms with Gasteiger partial charge in [0.05, 0.1) is 9.20 Å². The molecule has 2 rings (SSSR count). The molecule has 24 heavy (non-hydrogen) atoms. The average Bonchev–Trinajstić information content (AvgIpc) is 2.79. The lowest BCUT2D eigenvalue weighted by atomic mass is 9.91. The normalized spacial score (nSPS) is 13.6. The van der Waals surface area contributed by atoms with E-state index in [0.29, 0.717) is 14.8 Å². The van der Waals surface area contributed by atoms with E-state index in [1.54, 1.807) is 39.0 Å². The van der Waals surface area contributed by atoms with Crippen molar-refractivity contribution in [2.75, 3.05) is 0 Å². The molecule has 128 valence electrons. The van der Waals surface area contributed by atoms with Gasteiger partial charge in [0.15, 0.2) is 5.78 Å². The van der Waals surface area contributed by atoms with Crippen LogP contribution in [0.5, 0.6) is 5.75 Å². The first-order chi connectivity index (χ1) is 11.2. The van der Waals surface area contributed by atoms with Gasteiger partial charge in [0.25, 0.3) is 5.56 Å². The first-order valence-corrected chi connectivity index (χ1v) is 7.99. The summed E-state index contributed by atoms with van der Waals surface area (Å²) >= 11 is 1.08. The van der Waals surface area contributed by atoms with Crippen LogP contribution < -0.4 is 19.5 Å². The van der Waals surface area contributed by atoms with Gasteiger partial charge in [-0.15, -0.1) is 11.3 Å². The molecule has 0 saturated heterocycles. The van der Waals surface area contributed by atoms with E-state index in [9.17, 15) is 18.4 Å². The van der Waals surface area contributed by atoms with Gasteiger partial charge in [-0.25, -0.2) is 0 Å². The summed E-state index contributed by atoms with van der Waals surface area (Å²) in [5, 5.41) is 0. The first kappa shape index (κ1) is 18.1. The summed E-state index contributed by atoms with van der Waals surface area (Å²) in [6.07, 6.45) is 2.84. The van der Waals surface area contributed by atoms with Crippen molar-refractivity contribution < 1.29 is 18.3 Å². The van der Waals surface area contributed by atoms with Crippen LogP contribution in [0.4, 0.5) is 8.78 Å². The molecule has 0 fully saturated rings. The number of H-pyrrole nitrogens is 1. The summed E-state index contributed by atoms with van der Waals surface area (Å²) in [4.78, 5) is 26.6. The maximum Gasteiger partial charge on any atom is 0.387 e. The first-order valence-electron chi connectivity index (χ1n) is 7.17. The van der Waals surface area contributed by atoms with Crippen LogP contribution in [0.3, 0.4) is 0 Å². The molecule has 0 aliphatic rings. The number of aromatic nitrogens is 1. The van der Waals surface area contributed by atoms with Crippen molar-refractivity contribution in [1.82, 2.24) is 4.98 Å². The van der Waals surface area contributed by atoms with Crippen molar-refractivity contribution in [1.29, 1.82) is 0 Å². The molecule has 1 N–H and O–H groups in total. The fraction of sp³-hybridized carbons (Fsp3) is 0.294. The van der Waals surface area contributed by atoms with Crippen molar-refractivity contribution in [3.8, 4) is 5.75 Å². The molecule has 0 amide bonds. The second-order valence-electron chi connectivity index (χ2n) is 6.10. The number of hydrogen-bond acceptors (Lipinski definition) is 4. The third kappa shape index (κ3) is 4.61. The van der Waals surface area contributed by atoms with Gasteiger partial charge in [0, 0.05) is 17.1 Å². The Kier molecular flexibility index (Phi) is 5.33. The Bertz CT molecular complexity index is 907. The molecule has 1 aromatic carbocycles. The lowest BCUT2D eigenvalue weighted by molar-refractivity contribution is -0.120. The molecule has 0 unspecified atom stereocenters. The zero-order valence-corrected chi connectivity index (χ0v) is 14.2. The second-order valence-corrected chi connectivity index (χ2v) is 7.19. The molecule has 0 spiro atoms. The summed E-state index contributed by atoms with van der Waals surface area (Å²) in [5.74, 6) is -0.135. The topological polar surface area (TPSA) is 59.2 Å². The molecule has 0 radical (unpaired) electrons. The van der Waals surface area contributed by atoms with Gasteiger partial charge in [-0.3, -0.25) is 9.59 Å². The number of para-hydroxylation sites is 1. The molecule has 0 bridgehead atoms. The van der Waals surface area contributed by atoms with Gasteiger partial charge in [-0.2, -0.15) is 8.78 Å². The largest absolute Gasteiger partial charge is 0.434 e. The monoisotopic (exact) mass is 353 g/mol. The van der Waals surface area contributed by atoms with Gasteiger partial charge in [0.1, 0.15) is 5.75 Å². The Morgan fingerprint density at radius 3 is 2.58 bits per heavy atom. The summed E-state index contributed by atoms with van der Waals surface area (Å²) in [6.45, 7) is 2.39. The third-order valence-corrected chi connectivity index (χ3v) is 4.07. The quantitative estimate of drug-likeness (QED) is 0.917. The molecule has 4 nitrogen and oxygen atoms in total. The van der Waals surface area contributed by atoms with E-state index in [0.717, 1.165) is 11.3 Å². The standard InChI is InChI=1S/C17H17F2NO3S/c1-17(2,3)13(21)9-14-20-15(22)12(24-14)8-10-6-4-5-7-11(10)23-16(18)19/h4-9,16H,1-3H3,(H,20,22)/b12-8-,14-9-. The minimum Gasteiger partial charge on any atom is -0.434 e.